The lowest BCUT2D eigenvalue weighted by molar-refractivity contribution is 0.309. The first-order valence-electron chi connectivity index (χ1n) is 4.84. The molecule has 1 saturated carbocycles. The molecule has 1 rings (SSSR count). The lowest BCUT2D eigenvalue weighted by Gasteiger charge is -2.28. The lowest BCUT2D eigenvalue weighted by atomic mass is 9.83. The lowest BCUT2D eigenvalue weighted by Crippen LogP contribution is -2.18. The Morgan fingerprint density at radius 3 is 1.92 bits per heavy atom. The Morgan fingerprint density at radius 2 is 1.50 bits per heavy atom. The smallest absolute Gasteiger partial charge is 0.00418 e. The molecular formula is C10H20S2. The van der Waals surface area contributed by atoms with Crippen molar-refractivity contribution in [3.8, 4) is 0 Å². The molecule has 0 aromatic carbocycles. The molecule has 0 amide bonds. The highest BCUT2D eigenvalue weighted by Crippen LogP contribution is 2.32. The van der Waals surface area contributed by atoms with Gasteiger partial charge in [0.25, 0.3) is 0 Å². The molecule has 2 atom stereocenters. The normalized spacial score (nSPS) is 30.5. The zero-order valence-electron chi connectivity index (χ0n) is 8.21. The molecule has 0 aromatic heterocycles. The van der Waals surface area contributed by atoms with Gasteiger partial charge in [0.2, 0.25) is 0 Å². The minimum Gasteiger partial charge on any atom is -0.165 e. The quantitative estimate of drug-likeness (QED) is 0.687. The van der Waals surface area contributed by atoms with E-state index in [2.05, 4.69) is 12.5 Å². The molecule has 1 aliphatic carbocycles. The van der Waals surface area contributed by atoms with Crippen molar-refractivity contribution in [3.63, 3.8) is 0 Å². The summed E-state index contributed by atoms with van der Waals surface area (Å²) < 4.78 is 0. The highest BCUT2D eigenvalue weighted by atomic mass is 32.2. The average molecular weight is 204 g/mol. The van der Waals surface area contributed by atoms with Crippen LogP contribution in [0.15, 0.2) is 0 Å². The maximum Gasteiger partial charge on any atom is -0.00418 e. The minimum absolute atomic E-state index is 1.03. The first-order chi connectivity index (χ1) is 5.86. The van der Waals surface area contributed by atoms with Gasteiger partial charge >= 0.3 is 0 Å². The molecule has 12 heavy (non-hydrogen) atoms. The largest absolute Gasteiger partial charge is 0.165 e. The second-order valence-electron chi connectivity index (χ2n) is 3.81. The molecule has 1 fully saturated rings. The Morgan fingerprint density at radius 1 is 1.00 bits per heavy atom. The van der Waals surface area contributed by atoms with Crippen molar-refractivity contribution < 1.29 is 0 Å². The van der Waals surface area contributed by atoms with E-state index in [1.165, 1.54) is 37.2 Å². The third-order valence-corrected chi connectivity index (χ3v) is 4.31. The van der Waals surface area contributed by atoms with Crippen molar-refractivity contribution in [3.05, 3.63) is 0 Å². The Labute approximate surface area is 85.3 Å². The first kappa shape index (κ1) is 10.8. The monoisotopic (exact) mass is 204 g/mol. The summed E-state index contributed by atoms with van der Waals surface area (Å²) in [5, 5.41) is 0. The van der Waals surface area contributed by atoms with Gasteiger partial charge in [-0.25, -0.2) is 0 Å². The molecule has 0 radical (unpaired) electrons. The van der Waals surface area contributed by atoms with Crippen LogP contribution in [-0.4, -0.2) is 24.0 Å². The summed E-state index contributed by atoms with van der Waals surface area (Å²) in [5.41, 5.74) is 0. The highest BCUT2D eigenvalue weighted by molar-refractivity contribution is 7.98. The van der Waals surface area contributed by atoms with Gasteiger partial charge in [-0.3, -0.25) is 0 Å². The molecule has 0 bridgehead atoms. The molecule has 72 valence electrons. The third kappa shape index (κ3) is 3.61. The van der Waals surface area contributed by atoms with E-state index in [0.29, 0.717) is 0 Å². The minimum atomic E-state index is 1.03. The van der Waals surface area contributed by atoms with E-state index in [4.69, 9.17) is 0 Å². The van der Waals surface area contributed by atoms with Crippen LogP contribution in [0, 0.1) is 11.8 Å². The molecule has 0 saturated heterocycles. The average Bonchev–Trinajstić information content (AvgIpc) is 2.06. The molecular weight excluding hydrogens is 184 g/mol. The van der Waals surface area contributed by atoms with Crippen molar-refractivity contribution in [2.45, 2.75) is 25.7 Å². The van der Waals surface area contributed by atoms with Crippen molar-refractivity contribution in [1.29, 1.82) is 0 Å². The summed E-state index contributed by atoms with van der Waals surface area (Å²) in [4.78, 5) is 0. The van der Waals surface area contributed by atoms with Crippen LogP contribution in [0.1, 0.15) is 25.7 Å². The third-order valence-electron chi connectivity index (χ3n) is 2.70. The Bertz CT molecular complexity index is 98.4. The Hall–Kier alpha value is 0.700. The summed E-state index contributed by atoms with van der Waals surface area (Å²) >= 11 is 4.04. The summed E-state index contributed by atoms with van der Waals surface area (Å²) in [5.74, 6) is 4.85. The van der Waals surface area contributed by atoms with Crippen LogP contribution in [0.3, 0.4) is 0 Å². The van der Waals surface area contributed by atoms with E-state index >= 15 is 0 Å². The van der Waals surface area contributed by atoms with Gasteiger partial charge < -0.3 is 0 Å². The maximum atomic E-state index is 2.23. The van der Waals surface area contributed by atoms with Gasteiger partial charge in [-0.2, -0.15) is 23.5 Å². The maximum absolute atomic E-state index is 2.23. The van der Waals surface area contributed by atoms with Gasteiger partial charge in [-0.05, 0) is 55.1 Å². The standard InChI is InChI=1S/C10H20S2/c1-11-7-9-4-3-5-10(6-9)8-12-2/h9-10H,3-8H2,1-2H3. The van der Waals surface area contributed by atoms with E-state index < -0.39 is 0 Å². The van der Waals surface area contributed by atoms with E-state index in [9.17, 15) is 0 Å². The van der Waals surface area contributed by atoms with Crippen LogP contribution < -0.4 is 0 Å². The van der Waals surface area contributed by atoms with Crippen molar-refractivity contribution in [2.75, 3.05) is 24.0 Å². The summed E-state index contributed by atoms with van der Waals surface area (Å²) in [6, 6.07) is 0. The summed E-state index contributed by atoms with van der Waals surface area (Å²) in [7, 11) is 0. The molecule has 2 unspecified atom stereocenters. The van der Waals surface area contributed by atoms with Gasteiger partial charge in [0.05, 0.1) is 0 Å². The fourth-order valence-corrected chi connectivity index (χ4v) is 3.72. The number of hydrogen-bond acceptors (Lipinski definition) is 2. The number of thioether (sulfide) groups is 2. The number of rotatable bonds is 4. The predicted octanol–water partition coefficient (Wildman–Crippen LogP) is 3.52. The fourth-order valence-electron chi connectivity index (χ4n) is 2.18. The van der Waals surface area contributed by atoms with Crippen molar-refractivity contribution in [1.82, 2.24) is 0 Å². The van der Waals surface area contributed by atoms with Gasteiger partial charge in [0.1, 0.15) is 0 Å². The molecule has 0 N–H and O–H groups in total. The Balaban J connectivity index is 2.20. The van der Waals surface area contributed by atoms with Gasteiger partial charge in [0, 0.05) is 0 Å². The van der Waals surface area contributed by atoms with Gasteiger partial charge in [0.15, 0.2) is 0 Å². The second kappa shape index (κ2) is 6.20. The topological polar surface area (TPSA) is 0 Å². The second-order valence-corrected chi connectivity index (χ2v) is 5.63. The molecule has 2 heteroatoms. The van der Waals surface area contributed by atoms with Gasteiger partial charge in [-0.15, -0.1) is 0 Å². The zero-order chi connectivity index (χ0) is 8.81. The van der Waals surface area contributed by atoms with E-state index in [1.54, 1.807) is 0 Å². The van der Waals surface area contributed by atoms with E-state index in [-0.39, 0.29) is 0 Å². The first-order valence-corrected chi connectivity index (χ1v) is 7.63. The molecule has 0 heterocycles. The van der Waals surface area contributed by atoms with Crippen LogP contribution in [0.5, 0.6) is 0 Å². The summed E-state index contributed by atoms with van der Waals surface area (Å²) in [6.45, 7) is 0. The molecule has 0 spiro atoms. The zero-order valence-corrected chi connectivity index (χ0v) is 9.85. The van der Waals surface area contributed by atoms with Crippen LogP contribution in [0.4, 0.5) is 0 Å². The highest BCUT2D eigenvalue weighted by Gasteiger charge is 2.20. The van der Waals surface area contributed by atoms with Crippen molar-refractivity contribution in [2.24, 2.45) is 11.8 Å². The van der Waals surface area contributed by atoms with Crippen LogP contribution in [0.25, 0.3) is 0 Å². The van der Waals surface area contributed by atoms with Crippen LogP contribution in [-0.2, 0) is 0 Å². The number of hydrogen-bond donors (Lipinski definition) is 0. The van der Waals surface area contributed by atoms with Crippen molar-refractivity contribution >= 4 is 23.5 Å². The fraction of sp³-hybridized carbons (Fsp3) is 1.00. The summed E-state index contributed by atoms with van der Waals surface area (Å²) in [6.07, 6.45) is 10.4. The molecule has 0 nitrogen and oxygen atoms in total. The van der Waals surface area contributed by atoms with Gasteiger partial charge in [-0.1, -0.05) is 6.42 Å². The molecule has 0 aromatic rings. The Kier molecular flexibility index (Phi) is 5.57. The predicted molar refractivity (Wildman–Crippen MR) is 62.2 cm³/mol. The molecule has 0 aliphatic heterocycles. The SMILES string of the molecule is CSCC1CCCC(CSC)C1. The molecule has 1 aliphatic rings. The van der Waals surface area contributed by atoms with Crippen LogP contribution >= 0.6 is 23.5 Å². The van der Waals surface area contributed by atoms with Crippen LogP contribution in [0.2, 0.25) is 0 Å². The van der Waals surface area contributed by atoms with E-state index in [1.807, 2.05) is 23.5 Å². The van der Waals surface area contributed by atoms with E-state index in [0.717, 1.165) is 11.8 Å².